The van der Waals surface area contributed by atoms with Gasteiger partial charge in [-0.15, -0.1) is 11.6 Å². The number of carbonyl (C=O) groups is 1. The molecule has 0 fully saturated rings. The number of ether oxygens (including phenoxy) is 1. The summed E-state index contributed by atoms with van der Waals surface area (Å²) >= 11 is 5.61. The van der Waals surface area contributed by atoms with Crippen molar-refractivity contribution in [3.8, 4) is 0 Å². The Balaban J connectivity index is 2.81. The van der Waals surface area contributed by atoms with E-state index < -0.39 is 12.2 Å². The summed E-state index contributed by atoms with van der Waals surface area (Å²) < 4.78 is 6.16. The van der Waals surface area contributed by atoms with Gasteiger partial charge < -0.3 is 15.0 Å². The fraction of sp³-hybridized carbons (Fsp3) is 0.400. The molecular formula is C10H13ClN2O3. The van der Waals surface area contributed by atoms with Gasteiger partial charge in [0.1, 0.15) is 6.10 Å². The molecule has 0 unspecified atom stereocenters. The van der Waals surface area contributed by atoms with Crippen molar-refractivity contribution in [1.29, 1.82) is 0 Å². The Bertz CT molecular complexity index is 430. The topological polar surface area (TPSA) is 74.3 Å². The van der Waals surface area contributed by atoms with Crippen LogP contribution in [0.3, 0.4) is 0 Å². The number of pyridine rings is 1. The Morgan fingerprint density at radius 3 is 2.94 bits per heavy atom. The second kappa shape index (κ2) is 5.55. The number of nitrogens with two attached hydrogens (primary N) is 1. The molecule has 0 aliphatic heterocycles. The average Bonchev–Trinajstić information content (AvgIpc) is 2.20. The Labute approximate surface area is 97.8 Å². The third-order valence-electron chi connectivity index (χ3n) is 2.01. The molecule has 0 aliphatic rings. The molecule has 0 radical (unpaired) electrons. The number of halogens is 1. The monoisotopic (exact) mass is 244 g/mol. The van der Waals surface area contributed by atoms with Crippen molar-refractivity contribution in [3.63, 3.8) is 0 Å². The fourth-order valence-corrected chi connectivity index (χ4v) is 1.55. The van der Waals surface area contributed by atoms with Gasteiger partial charge >= 0.3 is 6.09 Å². The summed E-state index contributed by atoms with van der Waals surface area (Å²) in [6, 6.07) is 3.38. The zero-order valence-corrected chi connectivity index (χ0v) is 9.61. The fourth-order valence-electron chi connectivity index (χ4n) is 1.34. The maximum Gasteiger partial charge on any atom is 0.404 e. The molecule has 0 saturated heterocycles. The van der Waals surface area contributed by atoms with Crippen LogP contribution < -0.4 is 11.3 Å². The summed E-state index contributed by atoms with van der Waals surface area (Å²) in [5, 5.41) is 0. The predicted molar refractivity (Wildman–Crippen MR) is 60.4 cm³/mol. The Morgan fingerprint density at radius 1 is 1.69 bits per heavy atom. The van der Waals surface area contributed by atoms with Crippen molar-refractivity contribution >= 4 is 17.7 Å². The molecule has 0 bridgehead atoms. The van der Waals surface area contributed by atoms with E-state index in [0.717, 1.165) is 0 Å². The van der Waals surface area contributed by atoms with Crippen LogP contribution >= 0.6 is 11.6 Å². The summed E-state index contributed by atoms with van der Waals surface area (Å²) in [5.74, 6) is 0.157. The smallest absolute Gasteiger partial charge is 0.404 e. The standard InChI is InChI=1S/C10H13ClN2O3/c1-7(16-10(12)15)6-13-4-2-3-8(5-11)9(13)14/h2-4,7H,5-6H2,1H3,(H2,12,15)/t7-/m0/s1. The van der Waals surface area contributed by atoms with Crippen molar-refractivity contribution in [2.75, 3.05) is 0 Å². The summed E-state index contributed by atoms with van der Waals surface area (Å²) in [5.41, 5.74) is 5.20. The second-order valence-electron chi connectivity index (χ2n) is 3.37. The van der Waals surface area contributed by atoms with Gasteiger partial charge in [0.25, 0.3) is 5.56 Å². The molecule has 2 N–H and O–H groups in total. The van der Waals surface area contributed by atoms with Crippen molar-refractivity contribution in [2.24, 2.45) is 5.73 Å². The molecule has 1 aromatic heterocycles. The van der Waals surface area contributed by atoms with Crippen LogP contribution in [0.5, 0.6) is 0 Å². The number of hydrogen-bond acceptors (Lipinski definition) is 3. The summed E-state index contributed by atoms with van der Waals surface area (Å²) in [6.45, 7) is 1.91. The minimum atomic E-state index is -0.853. The normalized spacial score (nSPS) is 12.1. The van der Waals surface area contributed by atoms with Crippen molar-refractivity contribution in [1.82, 2.24) is 4.57 Å². The first kappa shape index (κ1) is 12.6. The Hall–Kier alpha value is -1.49. The largest absolute Gasteiger partial charge is 0.445 e. The predicted octanol–water partition coefficient (Wildman–Crippen LogP) is 1.07. The number of rotatable bonds is 4. The highest BCUT2D eigenvalue weighted by Crippen LogP contribution is 1.99. The first-order valence-corrected chi connectivity index (χ1v) is 5.28. The van der Waals surface area contributed by atoms with Crippen LogP contribution in [0.1, 0.15) is 12.5 Å². The summed E-state index contributed by atoms with van der Waals surface area (Å²) in [4.78, 5) is 22.2. The highest BCUT2D eigenvalue weighted by Gasteiger charge is 2.09. The minimum Gasteiger partial charge on any atom is -0.445 e. The average molecular weight is 245 g/mol. The number of carbonyl (C=O) groups excluding carboxylic acids is 1. The number of alkyl halides is 1. The molecule has 16 heavy (non-hydrogen) atoms. The maximum atomic E-state index is 11.7. The van der Waals surface area contributed by atoms with Gasteiger partial charge in [-0.05, 0) is 13.0 Å². The third kappa shape index (κ3) is 3.27. The van der Waals surface area contributed by atoms with Gasteiger partial charge in [-0.3, -0.25) is 4.79 Å². The van der Waals surface area contributed by atoms with Crippen LogP contribution in [0.25, 0.3) is 0 Å². The molecule has 1 rings (SSSR count). The van der Waals surface area contributed by atoms with Gasteiger partial charge in [-0.25, -0.2) is 4.79 Å². The molecule has 0 aliphatic carbocycles. The number of nitrogens with zero attached hydrogens (tertiary/aromatic N) is 1. The molecule has 1 atom stereocenters. The molecular weight excluding hydrogens is 232 g/mol. The van der Waals surface area contributed by atoms with Gasteiger partial charge in [0.2, 0.25) is 0 Å². The molecule has 6 heteroatoms. The first-order valence-electron chi connectivity index (χ1n) is 4.75. The quantitative estimate of drug-likeness (QED) is 0.805. The van der Waals surface area contributed by atoms with E-state index in [2.05, 4.69) is 0 Å². The number of hydrogen-bond donors (Lipinski definition) is 1. The molecule has 1 amide bonds. The molecule has 1 aromatic rings. The van der Waals surface area contributed by atoms with Crippen LogP contribution in [-0.2, 0) is 17.2 Å². The highest BCUT2D eigenvalue weighted by atomic mass is 35.5. The van der Waals surface area contributed by atoms with Crippen LogP contribution in [-0.4, -0.2) is 16.8 Å². The molecule has 0 aromatic carbocycles. The van der Waals surface area contributed by atoms with E-state index in [4.69, 9.17) is 22.1 Å². The zero-order chi connectivity index (χ0) is 12.1. The lowest BCUT2D eigenvalue weighted by molar-refractivity contribution is 0.106. The van der Waals surface area contributed by atoms with Gasteiger partial charge in [0.15, 0.2) is 0 Å². The molecule has 0 spiro atoms. The first-order chi connectivity index (χ1) is 7.54. The molecule has 5 nitrogen and oxygen atoms in total. The van der Waals surface area contributed by atoms with Crippen LogP contribution in [0.4, 0.5) is 4.79 Å². The lowest BCUT2D eigenvalue weighted by Crippen LogP contribution is -2.30. The van der Waals surface area contributed by atoms with E-state index in [0.29, 0.717) is 5.56 Å². The summed E-state index contributed by atoms with van der Waals surface area (Å²) in [6.07, 6.45) is 0.300. The SMILES string of the molecule is C[C@@H](Cn1cccc(CCl)c1=O)OC(N)=O. The van der Waals surface area contributed by atoms with Crippen molar-refractivity contribution in [2.45, 2.75) is 25.5 Å². The Kier molecular flexibility index (Phi) is 4.37. The van der Waals surface area contributed by atoms with E-state index in [-0.39, 0.29) is 18.0 Å². The van der Waals surface area contributed by atoms with Gasteiger partial charge in [-0.1, -0.05) is 6.07 Å². The van der Waals surface area contributed by atoms with Crippen LogP contribution in [0, 0.1) is 0 Å². The van der Waals surface area contributed by atoms with Gasteiger partial charge in [0, 0.05) is 11.8 Å². The van der Waals surface area contributed by atoms with Gasteiger partial charge in [0.05, 0.1) is 12.4 Å². The lowest BCUT2D eigenvalue weighted by Gasteiger charge is -2.13. The van der Waals surface area contributed by atoms with Crippen LogP contribution in [0.2, 0.25) is 0 Å². The van der Waals surface area contributed by atoms with Gasteiger partial charge in [-0.2, -0.15) is 0 Å². The maximum absolute atomic E-state index is 11.7. The zero-order valence-electron chi connectivity index (χ0n) is 8.85. The third-order valence-corrected chi connectivity index (χ3v) is 2.30. The van der Waals surface area contributed by atoms with Crippen molar-refractivity contribution < 1.29 is 9.53 Å². The van der Waals surface area contributed by atoms with E-state index >= 15 is 0 Å². The van der Waals surface area contributed by atoms with E-state index in [1.165, 1.54) is 4.57 Å². The lowest BCUT2D eigenvalue weighted by atomic mass is 10.3. The summed E-state index contributed by atoms with van der Waals surface area (Å²) in [7, 11) is 0. The van der Waals surface area contributed by atoms with Crippen molar-refractivity contribution in [3.05, 3.63) is 34.2 Å². The second-order valence-corrected chi connectivity index (χ2v) is 3.64. The molecule has 1 heterocycles. The molecule has 88 valence electrons. The Morgan fingerprint density at radius 2 is 2.38 bits per heavy atom. The van der Waals surface area contributed by atoms with E-state index in [1.807, 2.05) is 0 Å². The van der Waals surface area contributed by atoms with E-state index in [1.54, 1.807) is 25.3 Å². The number of primary amides is 1. The number of aromatic nitrogens is 1. The van der Waals surface area contributed by atoms with Crippen LogP contribution in [0.15, 0.2) is 23.1 Å². The number of amides is 1. The minimum absolute atomic E-state index is 0.157. The molecule has 0 saturated carbocycles. The highest BCUT2D eigenvalue weighted by molar-refractivity contribution is 6.17. The van der Waals surface area contributed by atoms with E-state index in [9.17, 15) is 9.59 Å².